The van der Waals surface area contributed by atoms with E-state index in [1.54, 1.807) is 11.3 Å². The molecule has 1 nitrogen and oxygen atoms in total. The molecule has 102 valence electrons. The normalized spacial score (nSPS) is 12.7. The Balaban J connectivity index is 2.48. The second-order valence-electron chi connectivity index (χ2n) is 4.27. The number of halogens is 3. The first kappa shape index (κ1) is 15.7. The van der Waals surface area contributed by atoms with Crippen molar-refractivity contribution < 1.29 is 0 Å². The zero-order valence-corrected chi connectivity index (χ0v) is 16.2. The average molecular weight is 468 g/mol. The molecule has 2 rings (SSSR count). The third-order valence-electron chi connectivity index (χ3n) is 2.95. The Labute approximate surface area is 143 Å². The summed E-state index contributed by atoms with van der Waals surface area (Å²) in [6.07, 6.45) is 0. The van der Waals surface area contributed by atoms with Crippen molar-refractivity contribution >= 4 is 59.1 Å². The predicted molar refractivity (Wildman–Crippen MR) is 94.1 cm³/mol. The summed E-state index contributed by atoms with van der Waals surface area (Å²) in [5.74, 6) is 0. The van der Waals surface area contributed by atoms with Crippen LogP contribution < -0.4 is 5.32 Å². The first-order chi connectivity index (χ1) is 9.02. The molecule has 0 radical (unpaired) electrons. The van der Waals surface area contributed by atoms with Crippen molar-refractivity contribution in [1.82, 2.24) is 5.32 Å². The summed E-state index contributed by atoms with van der Waals surface area (Å²) in [4.78, 5) is 0. The number of rotatable bonds is 4. The molecule has 0 saturated carbocycles. The maximum absolute atomic E-state index is 3.66. The largest absolute Gasteiger partial charge is 0.306 e. The highest BCUT2D eigenvalue weighted by Crippen LogP contribution is 2.38. The molecule has 1 N–H and O–H groups in total. The van der Waals surface area contributed by atoms with Gasteiger partial charge in [-0.25, -0.2) is 0 Å². The molecule has 1 atom stereocenters. The van der Waals surface area contributed by atoms with Crippen LogP contribution in [0.5, 0.6) is 0 Å². The molecule has 0 aliphatic carbocycles. The number of aryl methyl sites for hydroxylation is 1. The second-order valence-corrected chi connectivity index (χ2v) is 8.94. The maximum Gasteiger partial charge on any atom is 0.0761 e. The standard InChI is InChI=1S/C14H14Br3NS/c1-3-18-13(11-7-12(16)19-14(11)17)10-5-4-9(15)6-8(10)2/h4-7,13,18H,3H2,1-2H3. The van der Waals surface area contributed by atoms with E-state index in [9.17, 15) is 0 Å². The molecule has 0 spiro atoms. The maximum atomic E-state index is 3.66. The third kappa shape index (κ3) is 3.70. The van der Waals surface area contributed by atoms with E-state index in [1.165, 1.54) is 20.5 Å². The van der Waals surface area contributed by atoms with Gasteiger partial charge in [-0.05, 0) is 80.2 Å². The minimum atomic E-state index is 0.218. The minimum Gasteiger partial charge on any atom is -0.306 e. The van der Waals surface area contributed by atoms with Gasteiger partial charge < -0.3 is 5.32 Å². The molecule has 0 fully saturated rings. The summed E-state index contributed by atoms with van der Waals surface area (Å²) in [7, 11) is 0. The lowest BCUT2D eigenvalue weighted by Gasteiger charge is -2.20. The van der Waals surface area contributed by atoms with E-state index < -0.39 is 0 Å². The van der Waals surface area contributed by atoms with Gasteiger partial charge in [0.05, 0.1) is 13.6 Å². The van der Waals surface area contributed by atoms with Crippen LogP contribution in [0.1, 0.15) is 29.7 Å². The highest BCUT2D eigenvalue weighted by atomic mass is 79.9. The summed E-state index contributed by atoms with van der Waals surface area (Å²) in [6, 6.07) is 8.85. The lowest BCUT2D eigenvalue weighted by molar-refractivity contribution is 0.627. The number of hydrogen-bond acceptors (Lipinski definition) is 2. The molecular formula is C14H14Br3NS. The molecular weight excluding hydrogens is 454 g/mol. The van der Waals surface area contributed by atoms with Crippen LogP contribution in [-0.4, -0.2) is 6.54 Å². The molecule has 0 bridgehead atoms. The molecule has 1 aromatic carbocycles. The van der Waals surface area contributed by atoms with Crippen molar-refractivity contribution in [3.63, 3.8) is 0 Å². The summed E-state index contributed by atoms with van der Waals surface area (Å²) in [5, 5.41) is 3.57. The zero-order valence-electron chi connectivity index (χ0n) is 10.6. The van der Waals surface area contributed by atoms with Gasteiger partial charge in [0.15, 0.2) is 0 Å². The first-order valence-corrected chi connectivity index (χ1v) is 9.16. The molecule has 5 heteroatoms. The van der Waals surface area contributed by atoms with Crippen molar-refractivity contribution in [3.8, 4) is 0 Å². The van der Waals surface area contributed by atoms with E-state index in [4.69, 9.17) is 0 Å². The fraction of sp³-hybridized carbons (Fsp3) is 0.286. The molecule has 0 amide bonds. The number of benzene rings is 1. The predicted octanol–water partition coefficient (Wildman–Crippen LogP) is 6.04. The Kier molecular flexibility index (Phi) is 5.66. The SMILES string of the molecule is CCNC(c1ccc(Br)cc1C)c1cc(Br)sc1Br. The van der Waals surface area contributed by atoms with E-state index >= 15 is 0 Å². The Morgan fingerprint density at radius 3 is 2.42 bits per heavy atom. The first-order valence-electron chi connectivity index (χ1n) is 5.97. The van der Waals surface area contributed by atoms with Gasteiger partial charge in [-0.1, -0.05) is 28.9 Å². The number of hydrogen-bond donors (Lipinski definition) is 1. The molecule has 1 aromatic heterocycles. The monoisotopic (exact) mass is 465 g/mol. The van der Waals surface area contributed by atoms with Crippen LogP contribution in [0.3, 0.4) is 0 Å². The fourth-order valence-corrected chi connectivity index (χ4v) is 5.48. The molecule has 2 aromatic rings. The van der Waals surface area contributed by atoms with Crippen LogP contribution in [0.15, 0.2) is 36.3 Å². The molecule has 19 heavy (non-hydrogen) atoms. The van der Waals surface area contributed by atoms with Gasteiger partial charge >= 0.3 is 0 Å². The van der Waals surface area contributed by atoms with Crippen molar-refractivity contribution in [2.24, 2.45) is 0 Å². The number of thiophene rings is 1. The van der Waals surface area contributed by atoms with Gasteiger partial charge in [0.25, 0.3) is 0 Å². The Bertz CT molecular complexity index is 580. The van der Waals surface area contributed by atoms with Gasteiger partial charge in [0, 0.05) is 4.47 Å². The van der Waals surface area contributed by atoms with Crippen LogP contribution in [-0.2, 0) is 0 Å². The van der Waals surface area contributed by atoms with Crippen molar-refractivity contribution in [2.75, 3.05) is 6.54 Å². The van der Waals surface area contributed by atoms with Crippen LogP contribution in [0.4, 0.5) is 0 Å². The Morgan fingerprint density at radius 1 is 1.16 bits per heavy atom. The second kappa shape index (κ2) is 6.85. The van der Waals surface area contributed by atoms with Crippen LogP contribution in [0, 0.1) is 6.92 Å². The Morgan fingerprint density at radius 2 is 1.89 bits per heavy atom. The van der Waals surface area contributed by atoms with E-state index in [0.29, 0.717) is 0 Å². The van der Waals surface area contributed by atoms with Crippen molar-refractivity contribution in [2.45, 2.75) is 19.9 Å². The third-order valence-corrected chi connectivity index (χ3v) is 5.82. The van der Waals surface area contributed by atoms with E-state index in [2.05, 4.69) is 91.2 Å². The van der Waals surface area contributed by atoms with Gasteiger partial charge in [-0.15, -0.1) is 11.3 Å². The topological polar surface area (TPSA) is 12.0 Å². The van der Waals surface area contributed by atoms with Crippen LogP contribution in [0.25, 0.3) is 0 Å². The zero-order chi connectivity index (χ0) is 14.0. The lowest BCUT2D eigenvalue weighted by Crippen LogP contribution is -2.22. The Hall–Kier alpha value is 0.320. The van der Waals surface area contributed by atoms with Crippen molar-refractivity contribution in [1.29, 1.82) is 0 Å². The van der Waals surface area contributed by atoms with E-state index in [0.717, 1.165) is 14.8 Å². The number of nitrogens with one attached hydrogen (secondary N) is 1. The van der Waals surface area contributed by atoms with Crippen LogP contribution >= 0.6 is 59.1 Å². The van der Waals surface area contributed by atoms with E-state index in [-0.39, 0.29) is 6.04 Å². The van der Waals surface area contributed by atoms with Gasteiger partial charge in [0.2, 0.25) is 0 Å². The van der Waals surface area contributed by atoms with Crippen molar-refractivity contribution in [3.05, 3.63) is 53.0 Å². The van der Waals surface area contributed by atoms with E-state index in [1.807, 2.05) is 0 Å². The highest BCUT2D eigenvalue weighted by Gasteiger charge is 2.19. The van der Waals surface area contributed by atoms with Gasteiger partial charge in [0.1, 0.15) is 0 Å². The summed E-state index contributed by atoms with van der Waals surface area (Å²) < 4.78 is 3.44. The lowest BCUT2D eigenvalue weighted by atomic mass is 9.97. The van der Waals surface area contributed by atoms with Gasteiger partial charge in [-0.3, -0.25) is 0 Å². The molecule has 1 heterocycles. The molecule has 0 aliphatic heterocycles. The van der Waals surface area contributed by atoms with Gasteiger partial charge in [-0.2, -0.15) is 0 Å². The average Bonchev–Trinajstić information content (AvgIpc) is 2.66. The quantitative estimate of drug-likeness (QED) is 0.577. The smallest absolute Gasteiger partial charge is 0.0761 e. The van der Waals surface area contributed by atoms with Crippen LogP contribution in [0.2, 0.25) is 0 Å². The fourth-order valence-electron chi connectivity index (χ4n) is 2.10. The summed E-state index contributed by atoms with van der Waals surface area (Å²) in [6.45, 7) is 5.22. The minimum absolute atomic E-state index is 0.218. The molecule has 0 saturated heterocycles. The summed E-state index contributed by atoms with van der Waals surface area (Å²) in [5.41, 5.74) is 3.88. The highest BCUT2D eigenvalue weighted by molar-refractivity contribution is 9.12. The molecule has 0 aliphatic rings. The summed E-state index contributed by atoms with van der Waals surface area (Å²) >= 11 is 12.5. The molecule has 1 unspecified atom stereocenters.